The van der Waals surface area contributed by atoms with Crippen LogP contribution in [0, 0.1) is 0 Å². The molecule has 0 unspecified atom stereocenters. The fourth-order valence-corrected chi connectivity index (χ4v) is 3.92. The Bertz CT molecular complexity index is 1440. The Morgan fingerprint density at radius 1 is 0.639 bits per heavy atom. The van der Waals surface area contributed by atoms with Crippen LogP contribution in [0.1, 0.15) is 38.8 Å². The molecule has 4 rings (SSSR count). The van der Waals surface area contributed by atoms with Crippen molar-refractivity contribution in [3.63, 3.8) is 0 Å². The van der Waals surface area contributed by atoms with Gasteiger partial charge < -0.3 is 18.3 Å². The van der Waals surface area contributed by atoms with Crippen LogP contribution in [0.25, 0.3) is 21.9 Å². The number of hydrogen-bond acceptors (Lipinski definition) is 6. The fraction of sp³-hybridized carbons (Fsp3) is 0.267. The molecule has 0 spiro atoms. The van der Waals surface area contributed by atoms with E-state index in [4.69, 9.17) is 18.3 Å². The van der Waals surface area contributed by atoms with E-state index in [2.05, 4.69) is 12.2 Å². The molecule has 0 bridgehead atoms. The zero-order valence-electron chi connectivity index (χ0n) is 21.1. The molecule has 0 aliphatic rings. The van der Waals surface area contributed by atoms with Crippen LogP contribution in [0.4, 0.5) is 0 Å². The van der Waals surface area contributed by atoms with Crippen molar-refractivity contribution in [2.45, 2.75) is 40.5 Å². The van der Waals surface area contributed by atoms with Crippen LogP contribution in [-0.4, -0.2) is 13.2 Å². The van der Waals surface area contributed by atoms with Gasteiger partial charge in [0, 0.05) is 34.0 Å². The van der Waals surface area contributed by atoms with Gasteiger partial charge in [0.05, 0.1) is 0 Å². The topological polar surface area (TPSA) is 78.9 Å². The van der Waals surface area contributed by atoms with Crippen molar-refractivity contribution < 1.29 is 18.3 Å². The highest BCUT2D eigenvalue weighted by atomic mass is 16.5. The van der Waals surface area contributed by atoms with Crippen LogP contribution < -0.4 is 20.7 Å². The Morgan fingerprint density at radius 3 is 1.42 bits per heavy atom. The van der Waals surface area contributed by atoms with Crippen LogP contribution in [0.15, 0.2) is 90.3 Å². The van der Waals surface area contributed by atoms with Gasteiger partial charge in [-0.05, 0) is 76.9 Å². The standard InChI is InChI=1S/C30H30O6/c1-19(2)5-11-23-25(13-7-21-9-15-27(31)35-29(21)23)33-17-18-34-26-14-8-22-10-16-28(32)36-30(22)24(26)12-6-20(3)4/h5-10,13-16H,11-12,17-18H2,1-4H3. The van der Waals surface area contributed by atoms with Crippen LogP contribution in [0.2, 0.25) is 0 Å². The van der Waals surface area contributed by atoms with Crippen LogP contribution in [0.5, 0.6) is 11.5 Å². The van der Waals surface area contributed by atoms with Gasteiger partial charge in [-0.15, -0.1) is 0 Å². The smallest absolute Gasteiger partial charge is 0.336 e. The van der Waals surface area contributed by atoms with E-state index in [-0.39, 0.29) is 13.2 Å². The quantitative estimate of drug-likeness (QED) is 0.155. The predicted molar refractivity (Wildman–Crippen MR) is 142 cm³/mol. The molecule has 0 aliphatic carbocycles. The van der Waals surface area contributed by atoms with Gasteiger partial charge in [-0.3, -0.25) is 0 Å². The largest absolute Gasteiger partial charge is 0.490 e. The molecule has 2 aromatic heterocycles. The summed E-state index contributed by atoms with van der Waals surface area (Å²) in [4.78, 5) is 23.7. The minimum atomic E-state index is -0.395. The maximum atomic E-state index is 11.9. The van der Waals surface area contributed by atoms with Gasteiger partial charge in [-0.25, -0.2) is 9.59 Å². The highest BCUT2D eigenvalue weighted by Crippen LogP contribution is 2.30. The summed E-state index contributed by atoms with van der Waals surface area (Å²) in [5.41, 5.74) is 4.24. The first-order chi connectivity index (χ1) is 17.3. The van der Waals surface area contributed by atoms with E-state index in [0.717, 1.165) is 33.0 Å². The maximum absolute atomic E-state index is 11.9. The molecular weight excluding hydrogens is 456 g/mol. The van der Waals surface area contributed by atoms with Crippen molar-refractivity contribution in [3.05, 3.63) is 104 Å². The molecule has 2 aromatic carbocycles. The van der Waals surface area contributed by atoms with E-state index in [9.17, 15) is 9.59 Å². The lowest BCUT2D eigenvalue weighted by atomic mass is 10.1. The van der Waals surface area contributed by atoms with E-state index < -0.39 is 11.3 Å². The lowest BCUT2D eigenvalue weighted by Crippen LogP contribution is -2.11. The number of rotatable bonds is 9. The molecule has 0 N–H and O–H groups in total. The van der Waals surface area contributed by atoms with Crippen molar-refractivity contribution in [2.75, 3.05) is 13.2 Å². The number of hydrogen-bond donors (Lipinski definition) is 0. The molecule has 0 fully saturated rings. The highest BCUT2D eigenvalue weighted by Gasteiger charge is 2.13. The molecule has 0 amide bonds. The molecule has 36 heavy (non-hydrogen) atoms. The minimum Gasteiger partial charge on any atom is -0.490 e. The van der Waals surface area contributed by atoms with E-state index in [0.29, 0.717) is 35.5 Å². The molecule has 0 aliphatic heterocycles. The zero-order chi connectivity index (χ0) is 25.7. The van der Waals surface area contributed by atoms with E-state index in [1.54, 1.807) is 12.1 Å². The van der Waals surface area contributed by atoms with Gasteiger partial charge in [0.25, 0.3) is 0 Å². The van der Waals surface area contributed by atoms with E-state index in [1.165, 1.54) is 12.1 Å². The molecule has 0 saturated heterocycles. The number of ether oxygens (including phenoxy) is 2. The van der Waals surface area contributed by atoms with Crippen molar-refractivity contribution in [2.24, 2.45) is 0 Å². The Hall–Kier alpha value is -4.06. The summed E-state index contributed by atoms with van der Waals surface area (Å²) in [5, 5.41) is 1.69. The molecule has 4 aromatic rings. The molecular formula is C30H30O6. The summed E-state index contributed by atoms with van der Waals surface area (Å²) in [5.74, 6) is 1.29. The van der Waals surface area contributed by atoms with Gasteiger partial charge >= 0.3 is 11.3 Å². The van der Waals surface area contributed by atoms with Gasteiger partial charge in [0.2, 0.25) is 0 Å². The first kappa shape index (κ1) is 25.0. The second-order valence-corrected chi connectivity index (χ2v) is 9.10. The first-order valence-corrected chi connectivity index (χ1v) is 12.0. The third-order valence-corrected chi connectivity index (χ3v) is 5.73. The molecule has 2 heterocycles. The van der Waals surface area contributed by atoms with Crippen LogP contribution in [-0.2, 0) is 12.8 Å². The van der Waals surface area contributed by atoms with E-state index in [1.807, 2.05) is 52.0 Å². The molecule has 6 nitrogen and oxygen atoms in total. The second kappa shape index (κ2) is 11.1. The van der Waals surface area contributed by atoms with Crippen molar-refractivity contribution in [1.82, 2.24) is 0 Å². The molecule has 0 radical (unpaired) electrons. The Balaban J connectivity index is 1.56. The summed E-state index contributed by atoms with van der Waals surface area (Å²) >= 11 is 0. The summed E-state index contributed by atoms with van der Waals surface area (Å²) < 4.78 is 23.2. The second-order valence-electron chi connectivity index (χ2n) is 9.10. The molecule has 0 saturated carbocycles. The lowest BCUT2D eigenvalue weighted by molar-refractivity contribution is 0.215. The molecule has 6 heteroatoms. The van der Waals surface area contributed by atoms with Crippen molar-refractivity contribution >= 4 is 21.9 Å². The minimum absolute atomic E-state index is 0.281. The normalized spacial score (nSPS) is 10.9. The molecule has 186 valence electrons. The zero-order valence-corrected chi connectivity index (χ0v) is 21.1. The fourth-order valence-electron chi connectivity index (χ4n) is 3.92. The van der Waals surface area contributed by atoms with Crippen molar-refractivity contribution in [1.29, 1.82) is 0 Å². The van der Waals surface area contributed by atoms with Crippen LogP contribution >= 0.6 is 0 Å². The SMILES string of the molecule is CC(C)=CCc1c(OCCOc2ccc3ccc(=O)oc3c2CC=C(C)C)ccc2ccc(=O)oc12. The number of allylic oxidation sites excluding steroid dienone is 4. The highest BCUT2D eigenvalue weighted by molar-refractivity contribution is 5.83. The first-order valence-electron chi connectivity index (χ1n) is 12.0. The van der Waals surface area contributed by atoms with E-state index >= 15 is 0 Å². The summed E-state index contributed by atoms with van der Waals surface area (Å²) in [7, 11) is 0. The molecule has 0 atom stereocenters. The van der Waals surface area contributed by atoms with Crippen molar-refractivity contribution in [3.8, 4) is 11.5 Å². The summed E-state index contributed by atoms with van der Waals surface area (Å²) in [6.45, 7) is 8.65. The number of benzene rings is 2. The third-order valence-electron chi connectivity index (χ3n) is 5.73. The van der Waals surface area contributed by atoms with Gasteiger partial charge in [0.15, 0.2) is 0 Å². The predicted octanol–water partition coefficient (Wildman–Crippen LogP) is 6.37. The Kier molecular flexibility index (Phi) is 7.74. The van der Waals surface area contributed by atoms with Gasteiger partial charge in [-0.2, -0.15) is 0 Å². The third kappa shape index (κ3) is 5.95. The Morgan fingerprint density at radius 2 is 1.03 bits per heavy atom. The Labute approximate surface area is 209 Å². The summed E-state index contributed by atoms with van der Waals surface area (Å²) in [6.07, 6.45) is 5.31. The summed E-state index contributed by atoms with van der Waals surface area (Å²) in [6, 6.07) is 13.9. The van der Waals surface area contributed by atoms with Gasteiger partial charge in [-0.1, -0.05) is 23.3 Å². The van der Waals surface area contributed by atoms with Gasteiger partial charge in [0.1, 0.15) is 35.9 Å². The van der Waals surface area contributed by atoms with Crippen LogP contribution in [0.3, 0.4) is 0 Å². The average molecular weight is 487 g/mol. The number of fused-ring (bicyclic) bond motifs is 2. The lowest BCUT2D eigenvalue weighted by Gasteiger charge is -2.15. The average Bonchev–Trinajstić information content (AvgIpc) is 2.84. The maximum Gasteiger partial charge on any atom is 0.336 e. The monoisotopic (exact) mass is 486 g/mol.